The summed E-state index contributed by atoms with van der Waals surface area (Å²) < 4.78 is 4.70. The minimum absolute atomic E-state index is 0.0216. The number of hydrogen-bond donors (Lipinski definition) is 2. The molecule has 1 aliphatic rings. The van der Waals surface area contributed by atoms with Crippen molar-refractivity contribution in [2.75, 3.05) is 17.7 Å². The molecule has 0 radical (unpaired) electrons. The zero-order valence-corrected chi connectivity index (χ0v) is 14.5. The number of rotatable bonds is 5. The van der Waals surface area contributed by atoms with Crippen LogP contribution in [-0.2, 0) is 9.53 Å². The number of amides is 1. The first-order chi connectivity index (χ1) is 12.1. The van der Waals surface area contributed by atoms with Crippen LogP contribution in [0.1, 0.15) is 29.6 Å². The molecule has 0 bridgehead atoms. The fourth-order valence-corrected chi connectivity index (χ4v) is 2.63. The lowest BCUT2D eigenvalue weighted by molar-refractivity contribution is -0.122. The van der Waals surface area contributed by atoms with Crippen molar-refractivity contribution in [3.05, 3.63) is 47.1 Å². The second-order valence-corrected chi connectivity index (χ2v) is 6.27. The number of carbonyl (C=O) groups excluding carboxylic acids is 2. The molecule has 0 unspecified atom stereocenters. The fourth-order valence-electron chi connectivity index (χ4n) is 2.46. The van der Waals surface area contributed by atoms with Crippen LogP contribution in [-0.4, -0.2) is 24.0 Å². The Balaban J connectivity index is 1.68. The van der Waals surface area contributed by atoms with Crippen LogP contribution in [0.5, 0.6) is 0 Å². The van der Waals surface area contributed by atoms with Gasteiger partial charge in [0.15, 0.2) is 0 Å². The lowest BCUT2D eigenvalue weighted by atomic mass is 9.85. The molecule has 0 saturated heterocycles. The number of nitrogens with one attached hydrogen (secondary N) is 2. The highest BCUT2D eigenvalue weighted by molar-refractivity contribution is 6.33. The second-order valence-electron chi connectivity index (χ2n) is 5.86. The van der Waals surface area contributed by atoms with Crippen LogP contribution in [0.3, 0.4) is 0 Å². The molecule has 2 N–H and O–H groups in total. The topological polar surface area (TPSA) is 80.3 Å². The Morgan fingerprint density at radius 3 is 2.64 bits per heavy atom. The van der Waals surface area contributed by atoms with Gasteiger partial charge < -0.3 is 15.4 Å². The SMILES string of the molecule is COC(=O)c1ccc(Cl)c(Nc2ccc(NC(=O)C3CCC3)nc2)c1. The van der Waals surface area contributed by atoms with E-state index in [2.05, 4.69) is 15.6 Å². The third kappa shape index (κ3) is 4.09. The van der Waals surface area contributed by atoms with Gasteiger partial charge in [-0.05, 0) is 43.2 Å². The summed E-state index contributed by atoms with van der Waals surface area (Å²) in [5.41, 5.74) is 1.65. The summed E-state index contributed by atoms with van der Waals surface area (Å²) in [7, 11) is 1.32. The highest BCUT2D eigenvalue weighted by Gasteiger charge is 2.25. The molecule has 25 heavy (non-hydrogen) atoms. The number of nitrogens with zero attached hydrogens (tertiary/aromatic N) is 1. The van der Waals surface area contributed by atoms with Crippen molar-refractivity contribution in [3.63, 3.8) is 0 Å². The van der Waals surface area contributed by atoms with Gasteiger partial charge in [0.05, 0.1) is 35.3 Å². The van der Waals surface area contributed by atoms with Crippen molar-refractivity contribution < 1.29 is 14.3 Å². The summed E-state index contributed by atoms with van der Waals surface area (Å²) in [5, 5.41) is 6.38. The number of anilines is 3. The monoisotopic (exact) mass is 359 g/mol. The van der Waals surface area contributed by atoms with Crippen molar-refractivity contribution >= 4 is 40.7 Å². The smallest absolute Gasteiger partial charge is 0.337 e. The minimum atomic E-state index is -0.438. The third-order valence-electron chi connectivity index (χ3n) is 4.16. The Kier molecular flexibility index (Phi) is 5.19. The third-order valence-corrected chi connectivity index (χ3v) is 4.49. The van der Waals surface area contributed by atoms with E-state index >= 15 is 0 Å². The van der Waals surface area contributed by atoms with Crippen LogP contribution in [0.25, 0.3) is 0 Å². The van der Waals surface area contributed by atoms with Gasteiger partial charge in [0.25, 0.3) is 0 Å². The summed E-state index contributed by atoms with van der Waals surface area (Å²) in [6, 6.07) is 8.33. The maximum absolute atomic E-state index is 11.9. The van der Waals surface area contributed by atoms with Gasteiger partial charge in [-0.2, -0.15) is 0 Å². The van der Waals surface area contributed by atoms with Gasteiger partial charge in [0.1, 0.15) is 5.82 Å². The summed E-state index contributed by atoms with van der Waals surface area (Å²) in [4.78, 5) is 27.8. The molecular weight excluding hydrogens is 342 g/mol. The molecule has 0 spiro atoms. The summed E-state index contributed by atoms with van der Waals surface area (Å²) >= 11 is 6.16. The van der Waals surface area contributed by atoms with Gasteiger partial charge in [-0.15, -0.1) is 0 Å². The maximum Gasteiger partial charge on any atom is 0.337 e. The van der Waals surface area contributed by atoms with E-state index in [9.17, 15) is 9.59 Å². The van der Waals surface area contributed by atoms with Crippen molar-refractivity contribution in [1.82, 2.24) is 4.98 Å². The average Bonchev–Trinajstić information content (AvgIpc) is 2.56. The molecule has 1 saturated carbocycles. The number of benzene rings is 1. The fraction of sp³-hybridized carbons (Fsp3) is 0.278. The Hall–Kier alpha value is -2.60. The van der Waals surface area contributed by atoms with Crippen molar-refractivity contribution in [2.45, 2.75) is 19.3 Å². The van der Waals surface area contributed by atoms with E-state index in [0.717, 1.165) is 19.3 Å². The van der Waals surface area contributed by atoms with Crippen molar-refractivity contribution in [2.24, 2.45) is 5.92 Å². The van der Waals surface area contributed by atoms with Gasteiger partial charge >= 0.3 is 5.97 Å². The molecule has 1 amide bonds. The first-order valence-corrected chi connectivity index (χ1v) is 8.36. The first-order valence-electron chi connectivity index (χ1n) is 7.98. The number of pyridine rings is 1. The molecule has 1 aromatic heterocycles. The van der Waals surface area contributed by atoms with Crippen LogP contribution < -0.4 is 10.6 Å². The molecule has 1 aliphatic carbocycles. The van der Waals surface area contributed by atoms with Gasteiger partial charge in [-0.3, -0.25) is 4.79 Å². The van der Waals surface area contributed by atoms with E-state index in [1.165, 1.54) is 7.11 Å². The van der Waals surface area contributed by atoms with Crippen LogP contribution in [0.2, 0.25) is 5.02 Å². The number of hydrogen-bond acceptors (Lipinski definition) is 5. The first kappa shape index (κ1) is 17.2. The van der Waals surface area contributed by atoms with E-state index in [-0.39, 0.29) is 11.8 Å². The zero-order chi connectivity index (χ0) is 17.8. The Bertz CT molecular complexity index is 789. The minimum Gasteiger partial charge on any atom is -0.465 e. The van der Waals surface area contributed by atoms with E-state index in [1.54, 1.807) is 36.5 Å². The van der Waals surface area contributed by atoms with Gasteiger partial charge in [0.2, 0.25) is 5.91 Å². The van der Waals surface area contributed by atoms with Crippen molar-refractivity contribution in [3.8, 4) is 0 Å². The molecule has 2 aromatic rings. The van der Waals surface area contributed by atoms with Crippen LogP contribution in [0.4, 0.5) is 17.2 Å². The number of aromatic nitrogens is 1. The Labute approximate surface area is 150 Å². The quantitative estimate of drug-likeness (QED) is 0.788. The molecule has 0 aliphatic heterocycles. The van der Waals surface area contributed by atoms with Crippen LogP contribution >= 0.6 is 11.6 Å². The molecule has 0 atom stereocenters. The molecule has 7 heteroatoms. The standard InChI is InChI=1S/C18H18ClN3O3/c1-25-18(24)12-5-7-14(19)15(9-12)21-13-6-8-16(20-10-13)22-17(23)11-3-2-4-11/h5-11,21H,2-4H2,1H3,(H,20,22,23). The van der Waals surface area contributed by atoms with E-state index in [4.69, 9.17) is 16.3 Å². The van der Waals surface area contributed by atoms with Gasteiger partial charge in [0, 0.05) is 5.92 Å². The summed E-state index contributed by atoms with van der Waals surface area (Å²) in [5.74, 6) is 0.205. The number of methoxy groups -OCH3 is 1. The average molecular weight is 360 g/mol. The van der Waals surface area contributed by atoms with Gasteiger partial charge in [-0.25, -0.2) is 9.78 Å². The molecule has 6 nitrogen and oxygen atoms in total. The largest absolute Gasteiger partial charge is 0.465 e. The van der Waals surface area contributed by atoms with Crippen LogP contribution in [0, 0.1) is 5.92 Å². The Morgan fingerprint density at radius 2 is 2.04 bits per heavy atom. The van der Waals surface area contributed by atoms with E-state index < -0.39 is 5.97 Å². The second kappa shape index (κ2) is 7.53. The lowest BCUT2D eigenvalue weighted by Crippen LogP contribution is -2.28. The number of ether oxygens (including phenoxy) is 1. The van der Waals surface area contributed by atoms with E-state index in [1.807, 2.05) is 0 Å². The molecular formula is C18H18ClN3O3. The molecule has 1 heterocycles. The molecule has 1 aromatic carbocycles. The number of carbonyl (C=O) groups is 2. The normalized spacial score (nSPS) is 13.7. The summed E-state index contributed by atoms with van der Waals surface area (Å²) in [6.45, 7) is 0. The number of halogens is 1. The molecule has 130 valence electrons. The zero-order valence-electron chi connectivity index (χ0n) is 13.7. The lowest BCUT2D eigenvalue weighted by Gasteiger charge is -2.23. The predicted molar refractivity (Wildman–Crippen MR) is 96.3 cm³/mol. The number of esters is 1. The maximum atomic E-state index is 11.9. The molecule has 1 fully saturated rings. The molecule has 3 rings (SSSR count). The predicted octanol–water partition coefficient (Wildman–Crippen LogP) is 4.00. The highest BCUT2D eigenvalue weighted by Crippen LogP contribution is 2.28. The van der Waals surface area contributed by atoms with Gasteiger partial charge in [-0.1, -0.05) is 18.0 Å². The van der Waals surface area contributed by atoms with Crippen LogP contribution in [0.15, 0.2) is 36.5 Å². The van der Waals surface area contributed by atoms with E-state index in [0.29, 0.717) is 27.8 Å². The highest BCUT2D eigenvalue weighted by atomic mass is 35.5. The van der Waals surface area contributed by atoms with Crippen molar-refractivity contribution in [1.29, 1.82) is 0 Å². The Morgan fingerprint density at radius 1 is 1.24 bits per heavy atom. The summed E-state index contributed by atoms with van der Waals surface area (Å²) in [6.07, 6.45) is 4.60.